The second-order valence-electron chi connectivity index (χ2n) is 6.87. The summed E-state index contributed by atoms with van der Waals surface area (Å²) in [6, 6.07) is 8.37. The first kappa shape index (κ1) is 17.7. The van der Waals surface area contributed by atoms with Crippen molar-refractivity contribution in [2.24, 2.45) is 11.8 Å². The van der Waals surface area contributed by atoms with Crippen LogP contribution in [-0.4, -0.2) is 34.8 Å². The van der Waals surface area contributed by atoms with Crippen molar-refractivity contribution in [2.45, 2.75) is 38.0 Å². The third-order valence-electron chi connectivity index (χ3n) is 5.28. The number of hydrogen-bond donors (Lipinski definition) is 2. The lowest BCUT2D eigenvalue weighted by Crippen LogP contribution is -2.28. The maximum atomic E-state index is 10.6. The molecule has 0 amide bonds. The van der Waals surface area contributed by atoms with Crippen molar-refractivity contribution < 1.29 is 17.9 Å². The summed E-state index contributed by atoms with van der Waals surface area (Å²) in [7, 11) is -2.48. The van der Waals surface area contributed by atoms with Gasteiger partial charge in [-0.2, -0.15) is 0 Å². The average molecular weight is 353 g/mol. The van der Waals surface area contributed by atoms with Crippen LogP contribution in [0.1, 0.15) is 43.6 Å². The molecule has 2 unspecified atom stereocenters. The minimum atomic E-state index is -2.48. The van der Waals surface area contributed by atoms with E-state index in [1.54, 1.807) is 0 Å². The van der Waals surface area contributed by atoms with Crippen LogP contribution in [0.25, 0.3) is 0 Å². The number of thiol groups is 1. The lowest BCUT2D eigenvalue weighted by Gasteiger charge is -2.31. The summed E-state index contributed by atoms with van der Waals surface area (Å²) >= 11 is 0. The van der Waals surface area contributed by atoms with E-state index in [9.17, 15) is 8.42 Å². The molecule has 1 aromatic rings. The Hall–Kier alpha value is -1.11. The van der Waals surface area contributed by atoms with Crippen LogP contribution in [0, 0.1) is 11.8 Å². The Kier molecular flexibility index (Phi) is 6.51. The highest BCUT2D eigenvalue weighted by molar-refractivity contribution is 7.70. The van der Waals surface area contributed by atoms with Gasteiger partial charge in [-0.1, -0.05) is 31.4 Å². The zero-order valence-corrected chi connectivity index (χ0v) is 14.9. The van der Waals surface area contributed by atoms with Crippen molar-refractivity contribution in [3.63, 3.8) is 0 Å². The van der Waals surface area contributed by atoms with Gasteiger partial charge in [0.1, 0.15) is 5.75 Å². The van der Waals surface area contributed by atoms with Gasteiger partial charge in [-0.05, 0) is 42.4 Å². The van der Waals surface area contributed by atoms with Gasteiger partial charge in [0.25, 0.3) is 0 Å². The predicted molar refractivity (Wildman–Crippen MR) is 93.9 cm³/mol. The summed E-state index contributed by atoms with van der Waals surface area (Å²) < 4.78 is 35.0. The minimum Gasteiger partial charge on any atom is -0.493 e. The molecule has 0 radical (unpaired) electrons. The van der Waals surface area contributed by atoms with E-state index in [1.807, 2.05) is 0 Å². The zero-order valence-electron chi connectivity index (χ0n) is 14.0. The lowest BCUT2D eigenvalue weighted by molar-refractivity contribution is 0.00839. The van der Waals surface area contributed by atoms with Crippen LogP contribution in [0.4, 0.5) is 0 Å². The van der Waals surface area contributed by atoms with Crippen molar-refractivity contribution in [2.75, 3.05) is 26.4 Å². The van der Waals surface area contributed by atoms with Gasteiger partial charge in [0.2, 0.25) is 10.9 Å². The van der Waals surface area contributed by atoms with Crippen LogP contribution < -0.4 is 9.46 Å². The van der Waals surface area contributed by atoms with Crippen molar-refractivity contribution in [3.05, 3.63) is 29.8 Å². The number of nitrogens with one attached hydrogen (secondary N) is 1. The molecule has 0 spiro atoms. The summed E-state index contributed by atoms with van der Waals surface area (Å²) in [6.45, 7) is 2.91. The summed E-state index contributed by atoms with van der Waals surface area (Å²) in [5.41, 5.74) is 1.32. The maximum absolute atomic E-state index is 10.6. The van der Waals surface area contributed by atoms with E-state index in [0.29, 0.717) is 24.3 Å². The maximum Gasteiger partial charge on any atom is 0.201 e. The molecule has 1 aliphatic carbocycles. The largest absolute Gasteiger partial charge is 0.493 e. The van der Waals surface area contributed by atoms with E-state index < -0.39 is 10.9 Å². The SMILES string of the molecule is O=[SH](=O)NCCC1CCCCC1COc1ccc(C2COC2)cc1. The van der Waals surface area contributed by atoms with Gasteiger partial charge < -0.3 is 9.47 Å². The molecular weight excluding hydrogens is 326 g/mol. The van der Waals surface area contributed by atoms with Gasteiger partial charge in [-0.25, -0.2) is 13.1 Å². The van der Waals surface area contributed by atoms with Gasteiger partial charge in [0, 0.05) is 12.5 Å². The number of rotatable bonds is 8. The number of hydrogen-bond acceptors (Lipinski definition) is 4. The Bertz CT molecular complexity index is 575. The summed E-state index contributed by atoms with van der Waals surface area (Å²) in [5, 5.41) is 0. The second kappa shape index (κ2) is 8.83. The molecule has 1 aliphatic heterocycles. The molecule has 1 saturated carbocycles. The van der Waals surface area contributed by atoms with Crippen molar-refractivity contribution in [1.29, 1.82) is 0 Å². The second-order valence-corrected chi connectivity index (χ2v) is 7.70. The molecular formula is C18H27NO4S. The monoisotopic (exact) mass is 353 g/mol. The minimum absolute atomic E-state index is 0.518. The number of ether oxygens (including phenoxy) is 2. The van der Waals surface area contributed by atoms with Gasteiger partial charge >= 0.3 is 0 Å². The normalized spacial score (nSPS) is 24.7. The topological polar surface area (TPSA) is 64.6 Å². The highest BCUT2D eigenvalue weighted by Gasteiger charge is 2.25. The van der Waals surface area contributed by atoms with Crippen LogP contribution >= 0.6 is 0 Å². The predicted octanol–water partition coefficient (Wildman–Crippen LogP) is 2.49. The summed E-state index contributed by atoms with van der Waals surface area (Å²) in [4.78, 5) is 0. The Morgan fingerprint density at radius 3 is 2.42 bits per heavy atom. The fourth-order valence-electron chi connectivity index (χ4n) is 3.69. The molecule has 24 heavy (non-hydrogen) atoms. The first-order chi connectivity index (χ1) is 11.7. The molecule has 0 bridgehead atoms. The van der Waals surface area contributed by atoms with E-state index in [2.05, 4.69) is 29.0 Å². The molecule has 2 fully saturated rings. The van der Waals surface area contributed by atoms with Crippen molar-refractivity contribution in [3.8, 4) is 5.75 Å². The standard InChI is InChI=1S/C18H27NO4S/c20-24(21)19-10-9-14-3-1-2-4-16(14)13-23-18-7-5-15(6-8-18)17-11-22-12-17/h5-8,14,16-17,24H,1-4,9-13H2,(H,19,20,21). The van der Waals surface area contributed by atoms with Gasteiger partial charge in [-0.15, -0.1) is 0 Å². The molecule has 134 valence electrons. The molecule has 2 atom stereocenters. The van der Waals surface area contributed by atoms with E-state index in [4.69, 9.17) is 9.47 Å². The smallest absolute Gasteiger partial charge is 0.201 e. The molecule has 6 heteroatoms. The third-order valence-corrected chi connectivity index (χ3v) is 5.76. The van der Waals surface area contributed by atoms with Crippen molar-refractivity contribution in [1.82, 2.24) is 4.72 Å². The summed E-state index contributed by atoms with van der Waals surface area (Å²) in [6.07, 6.45) is 5.73. The Labute approximate surface area is 145 Å². The van der Waals surface area contributed by atoms with E-state index in [1.165, 1.54) is 31.2 Å². The molecule has 3 rings (SSSR count). The highest BCUT2D eigenvalue weighted by atomic mass is 32.2. The van der Waals surface area contributed by atoms with E-state index in [-0.39, 0.29) is 0 Å². The van der Waals surface area contributed by atoms with Crippen LogP contribution in [0.5, 0.6) is 5.75 Å². The fourth-order valence-corrected chi connectivity index (χ4v) is 4.00. The third kappa shape index (κ3) is 4.94. The molecule has 0 aromatic heterocycles. The van der Waals surface area contributed by atoms with Gasteiger partial charge in [-0.3, -0.25) is 0 Å². The van der Waals surface area contributed by atoms with Crippen molar-refractivity contribution >= 4 is 10.9 Å². The fraction of sp³-hybridized carbons (Fsp3) is 0.667. The average Bonchev–Trinajstić information content (AvgIpc) is 2.53. The van der Waals surface area contributed by atoms with Gasteiger partial charge in [0.15, 0.2) is 0 Å². The van der Waals surface area contributed by atoms with E-state index >= 15 is 0 Å². The quantitative estimate of drug-likeness (QED) is 0.705. The molecule has 5 nitrogen and oxygen atoms in total. The van der Waals surface area contributed by atoms with Crippen LogP contribution in [0.15, 0.2) is 24.3 Å². The molecule has 2 aliphatic rings. The van der Waals surface area contributed by atoms with Crippen LogP contribution in [0.3, 0.4) is 0 Å². The molecule has 1 heterocycles. The first-order valence-electron chi connectivity index (χ1n) is 8.91. The Morgan fingerprint density at radius 1 is 1.08 bits per heavy atom. The van der Waals surface area contributed by atoms with Gasteiger partial charge in [0.05, 0.1) is 19.8 Å². The molecule has 1 aromatic carbocycles. The molecule has 1 N–H and O–H groups in total. The van der Waals surface area contributed by atoms with E-state index in [0.717, 1.165) is 32.0 Å². The summed E-state index contributed by atoms with van der Waals surface area (Å²) in [5.74, 6) is 2.53. The Morgan fingerprint density at radius 2 is 1.79 bits per heavy atom. The molecule has 1 saturated heterocycles. The number of benzene rings is 1. The zero-order chi connectivity index (χ0) is 16.8. The Balaban J connectivity index is 1.47. The van der Waals surface area contributed by atoms with Crippen LogP contribution in [0.2, 0.25) is 0 Å². The van der Waals surface area contributed by atoms with Crippen LogP contribution in [-0.2, 0) is 15.6 Å². The lowest BCUT2D eigenvalue weighted by atomic mass is 9.78. The first-order valence-corrected chi connectivity index (χ1v) is 10.1. The highest BCUT2D eigenvalue weighted by Crippen LogP contribution is 2.33.